The van der Waals surface area contributed by atoms with Crippen molar-refractivity contribution >= 4 is 5.97 Å². The molecule has 2 heterocycles. The van der Waals surface area contributed by atoms with Crippen LogP contribution in [-0.4, -0.2) is 29.0 Å². The quantitative estimate of drug-likeness (QED) is 0.526. The van der Waals surface area contributed by atoms with Crippen molar-refractivity contribution in [3.8, 4) is 6.07 Å². The van der Waals surface area contributed by atoms with Gasteiger partial charge in [0.1, 0.15) is 5.82 Å². The lowest BCUT2D eigenvalue weighted by Gasteiger charge is -2.43. The van der Waals surface area contributed by atoms with Gasteiger partial charge in [0, 0.05) is 30.1 Å². The van der Waals surface area contributed by atoms with Crippen LogP contribution in [-0.2, 0) is 20.7 Å². The molecule has 7 heteroatoms. The minimum atomic E-state index is -0.817. The minimum Gasteiger partial charge on any atom is -0.481 e. The minimum absolute atomic E-state index is 0.0443. The maximum Gasteiger partial charge on any atom is 0.303 e. The fraction of sp³-hybridized carbons (Fsp3) is 0.423. The highest BCUT2D eigenvalue weighted by Gasteiger charge is 2.40. The Kier molecular flexibility index (Phi) is 8.32. The molecule has 1 aliphatic heterocycles. The van der Waals surface area contributed by atoms with Crippen molar-refractivity contribution in [3.63, 3.8) is 0 Å². The number of rotatable bonds is 9. The van der Waals surface area contributed by atoms with Gasteiger partial charge in [-0.2, -0.15) is 5.26 Å². The molecule has 1 fully saturated rings. The van der Waals surface area contributed by atoms with Crippen molar-refractivity contribution in [2.75, 3.05) is 6.61 Å². The van der Waals surface area contributed by atoms with E-state index in [0.717, 1.165) is 11.1 Å². The van der Waals surface area contributed by atoms with Gasteiger partial charge in [-0.15, -0.1) is 0 Å². The number of hydrogen-bond donors (Lipinski definition) is 1. The van der Waals surface area contributed by atoms with Crippen LogP contribution in [0.25, 0.3) is 0 Å². The summed E-state index contributed by atoms with van der Waals surface area (Å²) < 4.78 is 26.2. The van der Waals surface area contributed by atoms with E-state index in [2.05, 4.69) is 11.1 Å². The van der Waals surface area contributed by atoms with Gasteiger partial charge >= 0.3 is 5.97 Å². The van der Waals surface area contributed by atoms with Gasteiger partial charge in [-0.1, -0.05) is 38.1 Å². The number of ether oxygens (including phenoxy) is 2. The third-order valence-electron chi connectivity index (χ3n) is 5.78. The lowest BCUT2D eigenvalue weighted by Crippen LogP contribution is -2.44. The van der Waals surface area contributed by atoms with Crippen LogP contribution in [0.15, 0.2) is 54.9 Å². The van der Waals surface area contributed by atoms with Crippen molar-refractivity contribution in [1.29, 1.82) is 5.26 Å². The zero-order valence-corrected chi connectivity index (χ0v) is 18.9. The summed E-state index contributed by atoms with van der Waals surface area (Å²) in [7, 11) is 0. The van der Waals surface area contributed by atoms with Crippen LogP contribution in [0, 0.1) is 28.5 Å². The Morgan fingerprint density at radius 3 is 2.88 bits per heavy atom. The highest BCUT2D eigenvalue weighted by Crippen LogP contribution is 2.41. The Hall–Kier alpha value is -3.08. The van der Waals surface area contributed by atoms with E-state index in [1.54, 1.807) is 18.5 Å². The van der Waals surface area contributed by atoms with Crippen molar-refractivity contribution in [2.45, 2.75) is 51.9 Å². The maximum atomic E-state index is 13.6. The monoisotopic (exact) mass is 452 g/mol. The summed E-state index contributed by atoms with van der Waals surface area (Å²) in [5, 5.41) is 18.2. The molecule has 0 saturated carbocycles. The van der Waals surface area contributed by atoms with E-state index in [-0.39, 0.29) is 18.4 Å². The topological polar surface area (TPSA) is 92.4 Å². The molecule has 1 N–H and O–H groups in total. The van der Waals surface area contributed by atoms with E-state index >= 15 is 0 Å². The molecule has 1 aliphatic rings. The molecule has 174 valence electrons. The van der Waals surface area contributed by atoms with E-state index in [9.17, 15) is 14.4 Å². The molecule has 1 saturated heterocycles. The SMILES string of the molecule is CC(C)(Cc1ccc(F)cc1C#N)C1OCC(C/C=C\CCC(=O)O)C(c2cccnc2)O1. The number of carboxylic acids is 1. The van der Waals surface area contributed by atoms with E-state index < -0.39 is 23.5 Å². The van der Waals surface area contributed by atoms with Crippen LogP contribution < -0.4 is 0 Å². The summed E-state index contributed by atoms with van der Waals surface area (Å²) in [5.41, 5.74) is 1.53. The Morgan fingerprint density at radius 1 is 1.36 bits per heavy atom. The van der Waals surface area contributed by atoms with Gasteiger partial charge < -0.3 is 14.6 Å². The molecule has 33 heavy (non-hydrogen) atoms. The summed E-state index contributed by atoms with van der Waals surface area (Å²) >= 11 is 0. The molecule has 1 aromatic heterocycles. The summed E-state index contributed by atoms with van der Waals surface area (Å²) in [4.78, 5) is 14.9. The summed E-state index contributed by atoms with van der Waals surface area (Å²) in [6, 6.07) is 10.2. The molecule has 6 nitrogen and oxygen atoms in total. The predicted molar refractivity (Wildman–Crippen MR) is 121 cm³/mol. The Morgan fingerprint density at radius 2 is 2.18 bits per heavy atom. The number of carboxylic acid groups (broad SMARTS) is 1. The molecule has 3 unspecified atom stereocenters. The number of carbonyl (C=O) groups is 1. The zero-order valence-electron chi connectivity index (χ0n) is 18.9. The molecular formula is C26H29FN2O4. The van der Waals surface area contributed by atoms with Crippen LogP contribution in [0.1, 0.15) is 55.9 Å². The standard InChI is InChI=1S/C26H29FN2O4/c1-26(2,14-18-10-11-22(27)13-21(18)15-28)25-32-17-20(7-4-3-5-9-23(30)31)24(33-25)19-8-6-12-29-16-19/h3-4,6,8,10-13,16,20,24-25H,5,7,9,14,17H2,1-2H3,(H,30,31)/b4-3-. The first-order chi connectivity index (χ1) is 15.8. The highest BCUT2D eigenvalue weighted by atomic mass is 19.1. The predicted octanol–water partition coefficient (Wildman–Crippen LogP) is 5.20. The smallest absolute Gasteiger partial charge is 0.303 e. The molecule has 0 radical (unpaired) electrons. The maximum absolute atomic E-state index is 13.6. The average Bonchev–Trinajstić information content (AvgIpc) is 2.80. The molecule has 0 amide bonds. The van der Waals surface area contributed by atoms with Gasteiger partial charge in [0.2, 0.25) is 0 Å². The van der Waals surface area contributed by atoms with Crippen LogP contribution in [0.4, 0.5) is 4.39 Å². The first-order valence-corrected chi connectivity index (χ1v) is 11.0. The second-order valence-corrected chi connectivity index (χ2v) is 8.99. The number of halogens is 1. The van der Waals surface area contributed by atoms with Gasteiger partial charge in [-0.25, -0.2) is 4.39 Å². The largest absolute Gasteiger partial charge is 0.481 e. The van der Waals surface area contributed by atoms with Crippen molar-refractivity contribution < 1.29 is 23.8 Å². The van der Waals surface area contributed by atoms with Crippen LogP contribution in [0.5, 0.6) is 0 Å². The number of allylic oxidation sites excluding steroid dienone is 2. The third-order valence-corrected chi connectivity index (χ3v) is 5.78. The number of aliphatic carboxylic acids is 1. The molecule has 3 atom stereocenters. The molecular weight excluding hydrogens is 423 g/mol. The summed E-state index contributed by atoms with van der Waals surface area (Å²) in [5.74, 6) is -1.21. The van der Waals surface area contributed by atoms with Gasteiger partial charge in [0.25, 0.3) is 0 Å². The lowest BCUT2D eigenvalue weighted by atomic mass is 9.82. The van der Waals surface area contributed by atoms with Crippen molar-refractivity contribution in [1.82, 2.24) is 4.98 Å². The second-order valence-electron chi connectivity index (χ2n) is 8.99. The molecule has 0 bridgehead atoms. The average molecular weight is 453 g/mol. The highest BCUT2D eigenvalue weighted by molar-refractivity contribution is 5.66. The lowest BCUT2D eigenvalue weighted by molar-refractivity contribution is -0.278. The first kappa shape index (κ1) is 24.6. The Balaban J connectivity index is 1.75. The van der Waals surface area contributed by atoms with E-state index in [0.29, 0.717) is 31.4 Å². The molecule has 2 aromatic rings. The number of nitriles is 1. The number of hydrogen-bond acceptors (Lipinski definition) is 5. The molecule has 0 spiro atoms. The summed E-state index contributed by atoms with van der Waals surface area (Å²) in [6.07, 6.45) is 8.33. The number of pyridine rings is 1. The zero-order chi connectivity index (χ0) is 23.8. The fourth-order valence-corrected chi connectivity index (χ4v) is 4.06. The van der Waals surface area contributed by atoms with Crippen LogP contribution in [0.3, 0.4) is 0 Å². The van der Waals surface area contributed by atoms with E-state index in [1.807, 2.05) is 38.1 Å². The molecule has 1 aromatic carbocycles. The Bertz CT molecular complexity index is 1020. The van der Waals surface area contributed by atoms with Crippen molar-refractivity contribution in [3.05, 3.63) is 77.4 Å². The summed E-state index contributed by atoms with van der Waals surface area (Å²) in [6.45, 7) is 4.48. The van der Waals surface area contributed by atoms with Crippen LogP contribution in [0.2, 0.25) is 0 Å². The fourth-order valence-electron chi connectivity index (χ4n) is 4.06. The van der Waals surface area contributed by atoms with Gasteiger partial charge in [0.05, 0.1) is 24.3 Å². The van der Waals surface area contributed by atoms with Gasteiger partial charge in [-0.05, 0) is 48.6 Å². The second kappa shape index (κ2) is 11.2. The van der Waals surface area contributed by atoms with Crippen LogP contribution >= 0.6 is 0 Å². The first-order valence-electron chi connectivity index (χ1n) is 11.0. The van der Waals surface area contributed by atoms with E-state index in [4.69, 9.17) is 14.6 Å². The van der Waals surface area contributed by atoms with E-state index in [1.165, 1.54) is 12.1 Å². The van der Waals surface area contributed by atoms with Gasteiger partial charge in [-0.3, -0.25) is 9.78 Å². The normalized spacial score (nSPS) is 21.1. The Labute approximate surface area is 193 Å². The molecule has 0 aliphatic carbocycles. The third kappa shape index (κ3) is 6.70. The van der Waals surface area contributed by atoms with Gasteiger partial charge in [0.15, 0.2) is 6.29 Å². The number of aromatic nitrogens is 1. The number of nitrogens with zero attached hydrogens (tertiary/aromatic N) is 2. The number of benzene rings is 1. The van der Waals surface area contributed by atoms with Crippen molar-refractivity contribution in [2.24, 2.45) is 11.3 Å². The molecule has 3 rings (SSSR count).